The Hall–Kier alpha value is -2.04. The van der Waals surface area contributed by atoms with Crippen molar-refractivity contribution in [2.75, 3.05) is 19.8 Å². The molecule has 0 fully saturated rings. The molecule has 0 aromatic heterocycles. The van der Waals surface area contributed by atoms with Crippen LogP contribution >= 0.6 is 7.82 Å². The molecule has 0 rings (SSSR count). The molecule has 0 bridgehead atoms. The van der Waals surface area contributed by atoms with Gasteiger partial charge >= 0.3 is 19.8 Å². The zero-order valence-corrected chi connectivity index (χ0v) is 25.7. The molecule has 0 radical (unpaired) electrons. The van der Waals surface area contributed by atoms with E-state index in [-0.39, 0.29) is 12.8 Å². The van der Waals surface area contributed by atoms with Gasteiger partial charge < -0.3 is 25.2 Å². The van der Waals surface area contributed by atoms with Crippen LogP contribution in [0.2, 0.25) is 0 Å². The number of carboxylic acids is 1. The Morgan fingerprint density at radius 1 is 0.780 bits per heavy atom. The van der Waals surface area contributed by atoms with Crippen LogP contribution in [-0.2, 0) is 32.7 Å². The van der Waals surface area contributed by atoms with Crippen LogP contribution in [0.3, 0.4) is 0 Å². The first-order valence-electron chi connectivity index (χ1n) is 14.9. The second-order valence-electron chi connectivity index (χ2n) is 9.94. The van der Waals surface area contributed by atoms with E-state index >= 15 is 0 Å². The topological polar surface area (TPSA) is 169 Å². The Morgan fingerprint density at radius 2 is 1.39 bits per heavy atom. The highest BCUT2D eigenvalue weighted by atomic mass is 31.2. The zero-order valence-electron chi connectivity index (χ0n) is 24.8. The number of carbonyl (C=O) groups excluding carboxylic acids is 2. The van der Waals surface area contributed by atoms with E-state index in [0.717, 1.165) is 64.2 Å². The van der Waals surface area contributed by atoms with Crippen molar-refractivity contribution in [1.82, 2.24) is 5.32 Å². The molecule has 1 amide bonds. The number of phosphoric ester groups is 1. The molecule has 0 aromatic carbocycles. The third-order valence-electron chi connectivity index (χ3n) is 5.97. The molecular weight excluding hydrogens is 553 g/mol. The van der Waals surface area contributed by atoms with Crippen LogP contribution in [-0.4, -0.2) is 64.9 Å². The maximum Gasteiger partial charge on any atom is 0.472 e. The molecule has 0 spiro atoms. The lowest BCUT2D eigenvalue weighted by Gasteiger charge is -2.18. The minimum atomic E-state index is -4.73. The maximum absolute atomic E-state index is 12.0. The summed E-state index contributed by atoms with van der Waals surface area (Å²) in [6.07, 6.45) is 20.2. The van der Waals surface area contributed by atoms with E-state index in [1.165, 1.54) is 6.42 Å². The Kier molecular flexibility index (Phi) is 24.4. The summed E-state index contributed by atoms with van der Waals surface area (Å²) < 4.78 is 26.4. The van der Waals surface area contributed by atoms with Crippen molar-refractivity contribution >= 4 is 25.7 Å². The van der Waals surface area contributed by atoms with E-state index in [9.17, 15) is 34.1 Å². The van der Waals surface area contributed by atoms with Gasteiger partial charge in [0.25, 0.3) is 0 Å². The van der Waals surface area contributed by atoms with Gasteiger partial charge in [-0.25, -0.2) is 9.36 Å². The quantitative estimate of drug-likeness (QED) is 0.0400. The number of nitrogens with one attached hydrogen (secondary N) is 1. The number of aliphatic hydroxyl groups excluding tert-OH is 1. The van der Waals surface area contributed by atoms with Gasteiger partial charge in [0, 0.05) is 12.8 Å². The average molecular weight is 606 g/mol. The number of esters is 1. The number of carboxylic acid groups (broad SMARTS) is 1. The summed E-state index contributed by atoms with van der Waals surface area (Å²) in [5, 5.41) is 21.4. The fourth-order valence-electron chi connectivity index (χ4n) is 3.58. The second kappa shape index (κ2) is 25.7. The summed E-state index contributed by atoms with van der Waals surface area (Å²) in [5.74, 6) is -2.42. The van der Waals surface area contributed by atoms with Crippen LogP contribution in [0.25, 0.3) is 0 Å². The van der Waals surface area contributed by atoms with Crippen LogP contribution in [0.4, 0.5) is 0 Å². The predicted molar refractivity (Wildman–Crippen MR) is 157 cm³/mol. The molecule has 0 heterocycles. The van der Waals surface area contributed by atoms with Gasteiger partial charge in [0.1, 0.15) is 12.7 Å². The molecule has 11 nitrogen and oxygen atoms in total. The normalized spacial score (nSPS) is 14.6. The molecule has 12 heteroatoms. The summed E-state index contributed by atoms with van der Waals surface area (Å²) in [4.78, 5) is 44.9. The predicted octanol–water partition coefficient (Wildman–Crippen LogP) is 5.60. The summed E-state index contributed by atoms with van der Waals surface area (Å²) >= 11 is 0. The lowest BCUT2D eigenvalue weighted by atomic mass is 10.1. The number of amides is 1. The number of ether oxygens (including phenoxy) is 1. The molecule has 0 aliphatic heterocycles. The van der Waals surface area contributed by atoms with Crippen LogP contribution in [0, 0.1) is 0 Å². The fourth-order valence-corrected chi connectivity index (χ4v) is 4.36. The molecule has 4 N–H and O–H groups in total. The van der Waals surface area contributed by atoms with Crippen LogP contribution in [0.1, 0.15) is 110 Å². The van der Waals surface area contributed by atoms with Crippen LogP contribution in [0.5, 0.6) is 0 Å². The Balaban J connectivity index is 4.00. The standard InChI is InChI=1S/C29H52NO10P/c1-3-5-7-9-10-11-12-13-14-15-16-17-19-21-28(33)38-22-25(31)23-39-41(36,37)40-24-26(29(34)35)30-27(32)20-18-8-6-4-2/h7,9,11-12,25-26,31H,3-6,8,10,13-24H2,1-2H3,(H,30,32)(H,34,35)(H,36,37)/b9-7-,12-11-. The van der Waals surface area contributed by atoms with Gasteiger partial charge in [-0.1, -0.05) is 83.1 Å². The number of aliphatic hydroxyl groups is 1. The first-order chi connectivity index (χ1) is 19.6. The highest BCUT2D eigenvalue weighted by molar-refractivity contribution is 7.47. The number of carbonyl (C=O) groups is 3. The lowest BCUT2D eigenvalue weighted by molar-refractivity contribution is -0.147. The van der Waals surface area contributed by atoms with Gasteiger partial charge in [0.2, 0.25) is 5.91 Å². The van der Waals surface area contributed by atoms with Crippen molar-refractivity contribution in [3.05, 3.63) is 24.3 Å². The number of aliphatic carboxylic acids is 1. The number of hydrogen-bond acceptors (Lipinski definition) is 8. The highest BCUT2D eigenvalue weighted by Crippen LogP contribution is 2.43. The first-order valence-corrected chi connectivity index (χ1v) is 16.4. The van der Waals surface area contributed by atoms with E-state index in [1.54, 1.807) is 0 Å². The minimum absolute atomic E-state index is 0.136. The molecular formula is C29H52NO10P. The Labute approximate surface area is 245 Å². The van der Waals surface area contributed by atoms with Crippen LogP contribution in [0.15, 0.2) is 24.3 Å². The molecule has 3 atom stereocenters. The second-order valence-corrected chi connectivity index (χ2v) is 11.4. The molecule has 41 heavy (non-hydrogen) atoms. The molecule has 0 aromatic rings. The first kappa shape index (κ1) is 39.0. The summed E-state index contributed by atoms with van der Waals surface area (Å²) in [7, 11) is -4.73. The largest absolute Gasteiger partial charge is 0.480 e. The summed E-state index contributed by atoms with van der Waals surface area (Å²) in [6, 6.07) is -1.54. The van der Waals surface area contributed by atoms with Gasteiger partial charge in [-0.05, 0) is 38.5 Å². The van der Waals surface area contributed by atoms with Crippen molar-refractivity contribution in [2.24, 2.45) is 0 Å². The molecule has 0 saturated carbocycles. The van der Waals surface area contributed by atoms with Gasteiger partial charge in [-0.15, -0.1) is 0 Å². The van der Waals surface area contributed by atoms with E-state index in [0.29, 0.717) is 12.8 Å². The summed E-state index contributed by atoms with van der Waals surface area (Å²) in [6.45, 7) is 2.28. The summed E-state index contributed by atoms with van der Waals surface area (Å²) in [5.41, 5.74) is 0. The van der Waals surface area contributed by atoms with Crippen molar-refractivity contribution in [3.8, 4) is 0 Å². The number of allylic oxidation sites excluding steroid dienone is 4. The smallest absolute Gasteiger partial charge is 0.472 e. The zero-order chi connectivity index (χ0) is 30.8. The number of rotatable bonds is 27. The molecule has 0 aliphatic carbocycles. The van der Waals surface area contributed by atoms with Crippen molar-refractivity contribution in [2.45, 2.75) is 122 Å². The minimum Gasteiger partial charge on any atom is -0.480 e. The third kappa shape index (κ3) is 25.4. The SMILES string of the molecule is CCC/C=C\C/C=C\CCCCCCCC(=O)OCC(O)COP(=O)(O)OCC(NC(=O)CCCCCC)C(=O)O. The van der Waals surface area contributed by atoms with Gasteiger partial charge in [-0.2, -0.15) is 0 Å². The number of hydrogen-bond donors (Lipinski definition) is 4. The average Bonchev–Trinajstić information content (AvgIpc) is 2.93. The van der Waals surface area contributed by atoms with Gasteiger partial charge in [-0.3, -0.25) is 18.6 Å². The third-order valence-corrected chi connectivity index (χ3v) is 6.93. The van der Waals surface area contributed by atoms with Crippen molar-refractivity contribution in [3.63, 3.8) is 0 Å². The highest BCUT2D eigenvalue weighted by Gasteiger charge is 2.28. The molecule has 3 unspecified atom stereocenters. The fraction of sp³-hybridized carbons (Fsp3) is 0.759. The van der Waals surface area contributed by atoms with Gasteiger partial charge in [0.15, 0.2) is 6.04 Å². The van der Waals surface area contributed by atoms with E-state index < -0.39 is 57.6 Å². The van der Waals surface area contributed by atoms with E-state index in [1.807, 2.05) is 6.92 Å². The lowest BCUT2D eigenvalue weighted by Crippen LogP contribution is -2.43. The van der Waals surface area contributed by atoms with E-state index in [4.69, 9.17) is 4.74 Å². The van der Waals surface area contributed by atoms with Crippen LogP contribution < -0.4 is 5.32 Å². The van der Waals surface area contributed by atoms with Crippen molar-refractivity contribution in [1.29, 1.82) is 0 Å². The molecule has 0 saturated heterocycles. The van der Waals surface area contributed by atoms with Crippen molar-refractivity contribution < 1.29 is 47.8 Å². The molecule has 238 valence electrons. The Bertz CT molecular complexity index is 817. The monoisotopic (exact) mass is 605 g/mol. The Morgan fingerprint density at radius 3 is 2.07 bits per heavy atom. The maximum atomic E-state index is 12.0. The number of phosphoric acid groups is 1. The molecule has 0 aliphatic rings. The number of unbranched alkanes of at least 4 members (excludes halogenated alkanes) is 9. The van der Waals surface area contributed by atoms with E-state index in [2.05, 4.69) is 45.6 Å². The van der Waals surface area contributed by atoms with Gasteiger partial charge in [0.05, 0.1) is 13.2 Å².